The lowest BCUT2D eigenvalue weighted by atomic mass is 10.1. The maximum absolute atomic E-state index is 13.3. The van der Waals surface area contributed by atoms with Crippen molar-refractivity contribution in [1.82, 2.24) is 9.97 Å². The van der Waals surface area contributed by atoms with Crippen molar-refractivity contribution in [3.05, 3.63) is 86.7 Å². The van der Waals surface area contributed by atoms with Crippen LogP contribution in [0.25, 0.3) is 11.0 Å². The van der Waals surface area contributed by atoms with E-state index in [9.17, 15) is 9.59 Å². The lowest BCUT2D eigenvalue weighted by Crippen LogP contribution is -2.16. The zero-order valence-corrected chi connectivity index (χ0v) is 21.5. The normalized spacial score (nSPS) is 10.7. The van der Waals surface area contributed by atoms with Gasteiger partial charge < -0.3 is 20.4 Å². The number of imidazole rings is 1. The van der Waals surface area contributed by atoms with Crippen LogP contribution in [-0.4, -0.2) is 28.9 Å². The number of ether oxygens (including phenoxy) is 1. The maximum Gasteiger partial charge on any atom is 0.258 e. The highest BCUT2D eigenvalue weighted by molar-refractivity contribution is 6.34. The molecule has 4 rings (SSSR count). The minimum absolute atomic E-state index is 0. The Labute approximate surface area is 218 Å². The van der Waals surface area contributed by atoms with Gasteiger partial charge in [-0.3, -0.25) is 9.59 Å². The van der Waals surface area contributed by atoms with E-state index in [1.54, 1.807) is 49.6 Å². The molecule has 0 radical (unpaired) electrons. The van der Waals surface area contributed by atoms with E-state index in [-0.39, 0.29) is 24.6 Å². The first kappa shape index (κ1) is 26.5. The number of anilines is 2. The molecule has 182 valence electrons. The average molecular weight is 534 g/mol. The predicted molar refractivity (Wildman–Crippen MR) is 142 cm³/mol. The Morgan fingerprint density at radius 3 is 2.43 bits per heavy atom. The van der Waals surface area contributed by atoms with Crippen molar-refractivity contribution < 1.29 is 14.3 Å². The largest absolute Gasteiger partial charge is 0.377 e. The topological polar surface area (TPSA) is 96.1 Å². The fraction of sp³-hybridized carbons (Fsp3) is 0.160. The van der Waals surface area contributed by atoms with Crippen LogP contribution in [0.15, 0.2) is 48.5 Å². The first-order valence-electron chi connectivity index (χ1n) is 10.4. The number of fused-ring (bicyclic) bond motifs is 1. The summed E-state index contributed by atoms with van der Waals surface area (Å²) in [5.41, 5.74) is 4.33. The quantitative estimate of drug-likeness (QED) is 0.261. The second-order valence-corrected chi connectivity index (χ2v) is 8.65. The Kier molecular flexibility index (Phi) is 8.40. The van der Waals surface area contributed by atoms with Crippen molar-refractivity contribution >= 4 is 69.8 Å². The van der Waals surface area contributed by atoms with E-state index >= 15 is 0 Å². The molecule has 0 atom stereocenters. The Hall–Kier alpha value is -3.10. The van der Waals surface area contributed by atoms with Crippen LogP contribution >= 0.6 is 35.6 Å². The lowest BCUT2D eigenvalue weighted by Gasteiger charge is -2.12. The Balaban J connectivity index is 0.00000342. The summed E-state index contributed by atoms with van der Waals surface area (Å²) >= 11 is 12.5. The summed E-state index contributed by atoms with van der Waals surface area (Å²) < 4.78 is 5.16. The molecule has 0 aliphatic carbocycles. The van der Waals surface area contributed by atoms with Gasteiger partial charge in [-0.2, -0.15) is 0 Å². The molecule has 0 saturated heterocycles. The summed E-state index contributed by atoms with van der Waals surface area (Å²) in [6.45, 7) is 3.95. The minimum Gasteiger partial charge on any atom is -0.377 e. The van der Waals surface area contributed by atoms with Crippen molar-refractivity contribution in [2.45, 2.75) is 20.5 Å². The summed E-state index contributed by atoms with van der Waals surface area (Å²) in [5, 5.41) is 6.60. The van der Waals surface area contributed by atoms with E-state index in [0.717, 1.165) is 11.1 Å². The molecule has 2 amide bonds. The molecule has 35 heavy (non-hydrogen) atoms. The van der Waals surface area contributed by atoms with E-state index in [1.165, 1.54) is 0 Å². The lowest BCUT2D eigenvalue weighted by molar-refractivity contribution is 0.101. The molecule has 0 saturated carbocycles. The van der Waals surface area contributed by atoms with Gasteiger partial charge in [0.2, 0.25) is 0 Å². The van der Waals surface area contributed by atoms with Crippen molar-refractivity contribution in [2.24, 2.45) is 0 Å². The van der Waals surface area contributed by atoms with Crippen LogP contribution in [0, 0.1) is 13.8 Å². The summed E-state index contributed by atoms with van der Waals surface area (Å²) in [4.78, 5) is 33.8. The number of aromatic amines is 1. The number of halogens is 3. The van der Waals surface area contributed by atoms with Crippen LogP contribution in [-0.2, 0) is 11.3 Å². The maximum atomic E-state index is 13.3. The van der Waals surface area contributed by atoms with Gasteiger partial charge in [-0.1, -0.05) is 35.3 Å². The number of amides is 2. The Morgan fingerprint density at radius 2 is 1.71 bits per heavy atom. The van der Waals surface area contributed by atoms with E-state index in [2.05, 4.69) is 20.6 Å². The number of methoxy groups -OCH3 is 1. The molecule has 7 nitrogen and oxygen atoms in total. The van der Waals surface area contributed by atoms with Gasteiger partial charge in [-0.05, 0) is 61.4 Å². The van der Waals surface area contributed by atoms with E-state index < -0.39 is 11.8 Å². The number of H-pyrrole nitrogens is 1. The minimum atomic E-state index is -0.393. The van der Waals surface area contributed by atoms with Crippen LogP contribution in [0.3, 0.4) is 0 Å². The van der Waals surface area contributed by atoms with Crippen molar-refractivity contribution in [3.63, 3.8) is 0 Å². The highest BCUT2D eigenvalue weighted by atomic mass is 35.5. The molecule has 0 spiro atoms. The molecule has 4 aromatic rings. The zero-order valence-electron chi connectivity index (χ0n) is 19.2. The first-order chi connectivity index (χ1) is 16.3. The molecule has 0 fully saturated rings. The number of benzene rings is 3. The summed E-state index contributed by atoms with van der Waals surface area (Å²) in [6, 6.07) is 13.8. The number of aromatic nitrogens is 2. The van der Waals surface area contributed by atoms with Crippen LogP contribution in [0.1, 0.15) is 37.7 Å². The molecule has 0 unspecified atom stereocenters. The molecule has 0 bridgehead atoms. The molecule has 10 heteroatoms. The number of aryl methyl sites for hydroxylation is 1. The standard InChI is InChI=1S/C25H22Cl2N4O3.ClH/c1-13-7-8-16(19(27)9-13)24(32)28-15-10-17(23-21(11-15)29-22(31-23)12-34-3)25(33)30-20-6-4-5-18(26)14(20)2;/h4-11H,12H2,1-3H3,(H,28,32)(H,29,31)(H,30,33);1H. The number of nitrogens with one attached hydrogen (secondary N) is 3. The molecular formula is C25H23Cl3N4O3. The van der Waals surface area contributed by atoms with E-state index in [0.29, 0.717) is 43.8 Å². The third kappa shape index (κ3) is 5.77. The fourth-order valence-electron chi connectivity index (χ4n) is 3.55. The van der Waals surface area contributed by atoms with Gasteiger partial charge >= 0.3 is 0 Å². The van der Waals surface area contributed by atoms with Gasteiger partial charge in [0.15, 0.2) is 0 Å². The summed E-state index contributed by atoms with van der Waals surface area (Å²) in [7, 11) is 1.56. The second-order valence-electron chi connectivity index (χ2n) is 7.84. The zero-order chi connectivity index (χ0) is 24.4. The first-order valence-corrected chi connectivity index (χ1v) is 11.2. The SMILES string of the molecule is COCc1nc2c(C(=O)Nc3cccc(Cl)c3C)cc(NC(=O)c3ccc(C)cc3Cl)cc2[nH]1.Cl. The third-order valence-corrected chi connectivity index (χ3v) is 6.03. The van der Waals surface area contributed by atoms with Gasteiger partial charge in [0.1, 0.15) is 17.9 Å². The summed E-state index contributed by atoms with van der Waals surface area (Å²) in [6.07, 6.45) is 0. The molecule has 0 aliphatic rings. The van der Waals surface area contributed by atoms with Gasteiger partial charge in [-0.25, -0.2) is 4.98 Å². The highest BCUT2D eigenvalue weighted by Gasteiger charge is 2.19. The van der Waals surface area contributed by atoms with Gasteiger partial charge in [0, 0.05) is 23.5 Å². The smallest absolute Gasteiger partial charge is 0.258 e. The molecular weight excluding hydrogens is 511 g/mol. The average Bonchev–Trinajstić information content (AvgIpc) is 3.18. The number of carbonyl (C=O) groups is 2. The number of rotatable bonds is 6. The van der Waals surface area contributed by atoms with Gasteiger partial charge in [-0.15, -0.1) is 12.4 Å². The van der Waals surface area contributed by atoms with Crippen LogP contribution in [0.2, 0.25) is 10.0 Å². The van der Waals surface area contributed by atoms with Crippen LogP contribution in [0.4, 0.5) is 11.4 Å². The summed E-state index contributed by atoms with van der Waals surface area (Å²) in [5.74, 6) is -0.233. The Morgan fingerprint density at radius 1 is 0.971 bits per heavy atom. The van der Waals surface area contributed by atoms with Gasteiger partial charge in [0.25, 0.3) is 11.8 Å². The number of hydrogen-bond acceptors (Lipinski definition) is 4. The van der Waals surface area contributed by atoms with E-state index in [4.69, 9.17) is 27.9 Å². The molecule has 3 aromatic carbocycles. The third-order valence-electron chi connectivity index (χ3n) is 5.30. The monoisotopic (exact) mass is 532 g/mol. The van der Waals surface area contributed by atoms with Crippen molar-refractivity contribution in [2.75, 3.05) is 17.7 Å². The number of nitrogens with zero attached hydrogens (tertiary/aromatic N) is 1. The van der Waals surface area contributed by atoms with Crippen molar-refractivity contribution in [1.29, 1.82) is 0 Å². The molecule has 1 aromatic heterocycles. The second kappa shape index (κ2) is 11.1. The van der Waals surface area contributed by atoms with E-state index in [1.807, 2.05) is 19.9 Å². The van der Waals surface area contributed by atoms with Crippen molar-refractivity contribution in [3.8, 4) is 0 Å². The molecule has 1 heterocycles. The van der Waals surface area contributed by atoms with Gasteiger partial charge in [0.05, 0.1) is 21.7 Å². The molecule has 0 aliphatic heterocycles. The van der Waals surface area contributed by atoms with Crippen LogP contribution in [0.5, 0.6) is 0 Å². The van der Waals surface area contributed by atoms with Crippen LogP contribution < -0.4 is 10.6 Å². The number of carbonyl (C=O) groups excluding carboxylic acids is 2. The highest BCUT2D eigenvalue weighted by Crippen LogP contribution is 2.28. The predicted octanol–water partition coefficient (Wildman–Crippen LogP) is 6.56. The molecule has 3 N–H and O–H groups in total. The number of hydrogen-bond donors (Lipinski definition) is 3. The fourth-order valence-corrected chi connectivity index (χ4v) is 4.05. The Bertz CT molecular complexity index is 1420.